The molecule has 0 spiro atoms. The Balaban J connectivity index is 1.72. The lowest BCUT2D eigenvalue weighted by Gasteiger charge is -2.37. The molecule has 0 unspecified atom stereocenters. The van der Waals surface area contributed by atoms with Crippen molar-refractivity contribution in [2.75, 3.05) is 19.7 Å². The summed E-state index contributed by atoms with van der Waals surface area (Å²) < 4.78 is 18.9. The van der Waals surface area contributed by atoms with E-state index >= 15 is 0 Å². The van der Waals surface area contributed by atoms with Gasteiger partial charge in [0.1, 0.15) is 5.82 Å². The second kappa shape index (κ2) is 6.37. The van der Waals surface area contributed by atoms with Gasteiger partial charge in [0.15, 0.2) is 0 Å². The molecule has 2 aromatic carbocycles. The molecule has 0 amide bonds. The molecule has 0 saturated carbocycles. The average Bonchev–Trinajstić information content (AvgIpc) is 2.56. The lowest BCUT2D eigenvalue weighted by atomic mass is 10.0. The van der Waals surface area contributed by atoms with Crippen LogP contribution < -0.4 is 0 Å². The summed E-state index contributed by atoms with van der Waals surface area (Å²) in [5.74, 6) is -0.205. The summed E-state index contributed by atoms with van der Waals surface area (Å²) in [6.45, 7) is 4.69. The average molecular weight is 285 g/mol. The zero-order chi connectivity index (χ0) is 14.7. The maximum atomic E-state index is 13.0. The van der Waals surface area contributed by atoms with Crippen molar-refractivity contribution in [1.29, 1.82) is 0 Å². The van der Waals surface area contributed by atoms with Gasteiger partial charge in [-0.15, -0.1) is 0 Å². The topological polar surface area (TPSA) is 12.5 Å². The number of benzene rings is 2. The van der Waals surface area contributed by atoms with Crippen molar-refractivity contribution < 1.29 is 9.13 Å². The molecule has 0 N–H and O–H groups in total. The number of morpholine rings is 1. The van der Waals surface area contributed by atoms with Gasteiger partial charge in [0.05, 0.1) is 12.7 Å². The summed E-state index contributed by atoms with van der Waals surface area (Å²) >= 11 is 0. The van der Waals surface area contributed by atoms with Crippen LogP contribution in [0.3, 0.4) is 0 Å². The van der Waals surface area contributed by atoms with Gasteiger partial charge in [0.25, 0.3) is 0 Å². The Morgan fingerprint density at radius 2 is 1.81 bits per heavy atom. The molecule has 21 heavy (non-hydrogen) atoms. The molecular weight excluding hydrogens is 265 g/mol. The normalized spacial score (nSPS) is 21.1. The minimum atomic E-state index is -0.205. The van der Waals surface area contributed by atoms with E-state index in [1.54, 1.807) is 0 Å². The second-order valence-electron chi connectivity index (χ2n) is 5.49. The number of ether oxygens (including phenoxy) is 1. The minimum absolute atomic E-state index is 0.0190. The molecule has 1 aliphatic rings. The third kappa shape index (κ3) is 3.31. The molecule has 0 aliphatic carbocycles. The van der Waals surface area contributed by atoms with Gasteiger partial charge in [-0.1, -0.05) is 42.5 Å². The van der Waals surface area contributed by atoms with E-state index in [1.165, 1.54) is 17.7 Å². The van der Waals surface area contributed by atoms with E-state index in [-0.39, 0.29) is 11.9 Å². The van der Waals surface area contributed by atoms with Gasteiger partial charge in [-0.05, 0) is 30.2 Å². The van der Waals surface area contributed by atoms with E-state index in [4.69, 9.17) is 4.74 Å². The molecule has 1 fully saturated rings. The smallest absolute Gasteiger partial charge is 0.123 e. The molecule has 3 rings (SSSR count). The van der Waals surface area contributed by atoms with Crippen LogP contribution in [0, 0.1) is 5.82 Å². The molecule has 0 radical (unpaired) electrons. The van der Waals surface area contributed by atoms with E-state index in [0.717, 1.165) is 18.7 Å². The van der Waals surface area contributed by atoms with Crippen molar-refractivity contribution in [2.24, 2.45) is 0 Å². The molecule has 0 aromatic heterocycles. The Hall–Kier alpha value is -1.71. The monoisotopic (exact) mass is 285 g/mol. The van der Waals surface area contributed by atoms with E-state index in [2.05, 4.69) is 36.1 Å². The molecule has 1 saturated heterocycles. The lowest BCUT2D eigenvalue weighted by Crippen LogP contribution is -2.39. The van der Waals surface area contributed by atoms with Crippen molar-refractivity contribution in [3.05, 3.63) is 71.5 Å². The van der Waals surface area contributed by atoms with Crippen LogP contribution in [0.5, 0.6) is 0 Å². The van der Waals surface area contributed by atoms with Gasteiger partial charge in [-0.2, -0.15) is 0 Å². The van der Waals surface area contributed by atoms with Crippen LogP contribution in [0.4, 0.5) is 4.39 Å². The highest BCUT2D eigenvalue weighted by molar-refractivity contribution is 5.21. The van der Waals surface area contributed by atoms with Crippen LogP contribution in [-0.4, -0.2) is 24.6 Å². The highest BCUT2D eigenvalue weighted by atomic mass is 19.1. The molecule has 1 heterocycles. The summed E-state index contributed by atoms with van der Waals surface area (Å²) in [7, 11) is 0. The largest absolute Gasteiger partial charge is 0.371 e. The second-order valence-corrected chi connectivity index (χ2v) is 5.49. The van der Waals surface area contributed by atoms with Gasteiger partial charge in [-0.25, -0.2) is 4.39 Å². The number of rotatable bonds is 3. The van der Waals surface area contributed by atoms with Crippen LogP contribution in [0.25, 0.3) is 0 Å². The zero-order valence-electron chi connectivity index (χ0n) is 12.2. The number of hydrogen-bond donors (Lipinski definition) is 0. The fourth-order valence-corrected chi connectivity index (χ4v) is 2.84. The Labute approximate surface area is 125 Å². The van der Waals surface area contributed by atoms with Gasteiger partial charge in [0, 0.05) is 19.1 Å². The fourth-order valence-electron chi connectivity index (χ4n) is 2.84. The summed E-state index contributed by atoms with van der Waals surface area (Å²) in [4.78, 5) is 2.42. The zero-order valence-corrected chi connectivity index (χ0v) is 12.2. The Morgan fingerprint density at radius 1 is 1.10 bits per heavy atom. The standard InChI is InChI=1S/C18H20FNO/c1-14(15-5-3-2-4-6-15)20-11-12-21-18(13-20)16-7-9-17(19)10-8-16/h2-10,14,18H,11-13H2,1H3/t14-,18+/m1/s1. The minimum Gasteiger partial charge on any atom is -0.371 e. The molecule has 2 aromatic rings. The van der Waals surface area contributed by atoms with Crippen molar-refractivity contribution in [3.8, 4) is 0 Å². The summed E-state index contributed by atoms with van der Waals surface area (Å²) in [6.07, 6.45) is 0.0190. The van der Waals surface area contributed by atoms with Gasteiger partial charge >= 0.3 is 0 Å². The summed E-state index contributed by atoms with van der Waals surface area (Å²) in [5, 5.41) is 0. The molecule has 110 valence electrons. The maximum Gasteiger partial charge on any atom is 0.123 e. The molecule has 1 aliphatic heterocycles. The van der Waals surface area contributed by atoms with Crippen LogP contribution in [0.2, 0.25) is 0 Å². The lowest BCUT2D eigenvalue weighted by molar-refractivity contribution is -0.0431. The molecule has 2 nitrogen and oxygen atoms in total. The first-order chi connectivity index (χ1) is 10.2. The van der Waals surface area contributed by atoms with Crippen molar-refractivity contribution in [2.45, 2.75) is 19.1 Å². The summed E-state index contributed by atoms with van der Waals surface area (Å²) in [5.41, 5.74) is 2.36. The van der Waals surface area contributed by atoms with Crippen molar-refractivity contribution in [1.82, 2.24) is 4.90 Å². The van der Waals surface area contributed by atoms with E-state index in [9.17, 15) is 4.39 Å². The first kappa shape index (κ1) is 14.2. The predicted octanol–water partition coefficient (Wildman–Crippen LogP) is 3.96. The third-order valence-electron chi connectivity index (χ3n) is 4.17. The van der Waals surface area contributed by atoms with Gasteiger partial charge in [-0.3, -0.25) is 4.90 Å². The highest BCUT2D eigenvalue weighted by Gasteiger charge is 2.25. The molecular formula is C18H20FNO. The Bertz CT molecular complexity index is 570. The van der Waals surface area contributed by atoms with Crippen LogP contribution >= 0.6 is 0 Å². The Morgan fingerprint density at radius 3 is 2.52 bits per heavy atom. The molecule has 0 bridgehead atoms. The van der Waals surface area contributed by atoms with Crippen LogP contribution in [-0.2, 0) is 4.74 Å². The number of hydrogen-bond acceptors (Lipinski definition) is 2. The van der Waals surface area contributed by atoms with E-state index < -0.39 is 0 Å². The van der Waals surface area contributed by atoms with E-state index in [0.29, 0.717) is 12.6 Å². The Kier molecular flexibility index (Phi) is 4.32. The van der Waals surface area contributed by atoms with Crippen molar-refractivity contribution in [3.63, 3.8) is 0 Å². The number of halogens is 1. The molecule has 3 heteroatoms. The molecule has 2 atom stereocenters. The first-order valence-electron chi connectivity index (χ1n) is 7.40. The maximum absolute atomic E-state index is 13.0. The van der Waals surface area contributed by atoms with Gasteiger partial charge in [0.2, 0.25) is 0 Å². The summed E-state index contributed by atoms with van der Waals surface area (Å²) in [6, 6.07) is 17.5. The number of nitrogens with zero attached hydrogens (tertiary/aromatic N) is 1. The first-order valence-corrected chi connectivity index (χ1v) is 7.40. The predicted molar refractivity (Wildman–Crippen MR) is 81.5 cm³/mol. The fraction of sp³-hybridized carbons (Fsp3) is 0.333. The van der Waals surface area contributed by atoms with Crippen molar-refractivity contribution >= 4 is 0 Å². The SMILES string of the molecule is C[C@H](c1ccccc1)N1CCO[C@H](c2ccc(F)cc2)C1. The highest BCUT2D eigenvalue weighted by Crippen LogP contribution is 2.28. The van der Waals surface area contributed by atoms with Crippen LogP contribution in [0.1, 0.15) is 30.2 Å². The quantitative estimate of drug-likeness (QED) is 0.846. The third-order valence-corrected chi connectivity index (χ3v) is 4.17. The van der Waals surface area contributed by atoms with Crippen LogP contribution in [0.15, 0.2) is 54.6 Å². The van der Waals surface area contributed by atoms with Gasteiger partial charge < -0.3 is 4.74 Å². The van der Waals surface area contributed by atoms with E-state index in [1.807, 2.05) is 18.2 Å².